The van der Waals surface area contributed by atoms with E-state index in [1.165, 1.54) is 11.8 Å². The summed E-state index contributed by atoms with van der Waals surface area (Å²) in [6.45, 7) is 4.08. The molecule has 0 aliphatic rings. The van der Waals surface area contributed by atoms with Crippen LogP contribution in [-0.4, -0.2) is 28.0 Å². The first kappa shape index (κ1) is 25.6. The maximum atomic E-state index is 12.8. The lowest BCUT2D eigenvalue weighted by Crippen LogP contribution is -2.32. The van der Waals surface area contributed by atoms with Gasteiger partial charge in [-0.3, -0.25) is 9.59 Å². The fourth-order valence-electron chi connectivity index (χ4n) is 4.16. The molecule has 3 N–H and O–H groups in total. The molecular weight excluding hydrogens is 567 g/mol. The molecule has 1 amide bonds. The first-order valence-corrected chi connectivity index (χ1v) is 12.9. The minimum absolute atomic E-state index is 0.0890. The van der Waals surface area contributed by atoms with Gasteiger partial charge in [-0.05, 0) is 89.2 Å². The Morgan fingerprint density at radius 2 is 1.64 bits per heavy atom. The zero-order valence-electron chi connectivity index (χ0n) is 20.1. The zero-order valence-corrected chi connectivity index (χ0v) is 22.3. The zero-order chi connectivity index (χ0) is 25.8. The highest BCUT2D eigenvalue weighted by atomic mass is 127. The number of aryl methyl sites for hydroxylation is 2. The number of carbonyl (C=O) groups excluding carboxylic acids is 1. The van der Waals surface area contributed by atoms with Crippen molar-refractivity contribution in [3.8, 4) is 11.1 Å². The Kier molecular flexibility index (Phi) is 7.88. The highest BCUT2D eigenvalue weighted by Crippen LogP contribution is 2.23. The van der Waals surface area contributed by atoms with E-state index in [0.717, 1.165) is 26.7 Å². The minimum Gasteiger partial charge on any atom is -0.477 e. The van der Waals surface area contributed by atoms with Gasteiger partial charge in [0.25, 0.3) is 5.91 Å². The van der Waals surface area contributed by atoms with Crippen molar-refractivity contribution in [1.82, 2.24) is 10.3 Å². The molecule has 0 saturated heterocycles. The summed E-state index contributed by atoms with van der Waals surface area (Å²) >= 11 is 2.10. The number of fused-ring (bicyclic) bond motifs is 1. The van der Waals surface area contributed by atoms with Gasteiger partial charge in [0.05, 0.1) is 10.9 Å². The molecule has 0 spiro atoms. The van der Waals surface area contributed by atoms with Crippen molar-refractivity contribution >= 4 is 45.4 Å². The number of amides is 1. The van der Waals surface area contributed by atoms with E-state index in [1.807, 2.05) is 37.3 Å². The Morgan fingerprint density at radius 3 is 2.25 bits per heavy atom. The van der Waals surface area contributed by atoms with Crippen molar-refractivity contribution in [3.63, 3.8) is 0 Å². The van der Waals surface area contributed by atoms with E-state index in [4.69, 9.17) is 0 Å². The number of rotatable bonds is 8. The SMILES string of the molecule is CCc1ccc(-c2ccc(C(=O)N[C@@H](C)CCc3ccc4[nH]cc(C(=O)O)c(=O)c4c3I)cc2)cc1. The predicted octanol–water partition coefficient (Wildman–Crippen LogP) is 5.81. The number of pyridine rings is 1. The van der Waals surface area contributed by atoms with Gasteiger partial charge < -0.3 is 15.4 Å². The van der Waals surface area contributed by atoms with Crippen molar-refractivity contribution in [2.75, 3.05) is 0 Å². The first-order valence-electron chi connectivity index (χ1n) is 11.8. The number of nitrogens with one attached hydrogen (secondary N) is 2. The van der Waals surface area contributed by atoms with E-state index in [-0.39, 0.29) is 17.5 Å². The minimum atomic E-state index is -1.25. The smallest absolute Gasteiger partial charge is 0.341 e. The van der Waals surface area contributed by atoms with Crippen molar-refractivity contribution in [2.24, 2.45) is 0 Å². The molecule has 36 heavy (non-hydrogen) atoms. The van der Waals surface area contributed by atoms with Crippen LogP contribution in [0.15, 0.2) is 71.7 Å². The molecular formula is C29H27IN2O4. The van der Waals surface area contributed by atoms with Gasteiger partial charge in [0.15, 0.2) is 0 Å². The van der Waals surface area contributed by atoms with Crippen LogP contribution in [0.3, 0.4) is 0 Å². The third kappa shape index (κ3) is 5.51. The second-order valence-corrected chi connectivity index (χ2v) is 9.92. The summed E-state index contributed by atoms with van der Waals surface area (Å²) in [6.07, 6.45) is 3.54. The fourth-order valence-corrected chi connectivity index (χ4v) is 5.15. The largest absolute Gasteiger partial charge is 0.477 e. The molecule has 0 saturated carbocycles. The van der Waals surface area contributed by atoms with Crippen LogP contribution in [0.5, 0.6) is 0 Å². The van der Waals surface area contributed by atoms with Gasteiger partial charge in [-0.25, -0.2) is 4.79 Å². The number of hydrogen-bond donors (Lipinski definition) is 3. The van der Waals surface area contributed by atoms with Gasteiger partial charge in [0, 0.05) is 21.4 Å². The maximum absolute atomic E-state index is 12.8. The number of H-pyrrole nitrogens is 1. The topological polar surface area (TPSA) is 99.3 Å². The molecule has 0 bridgehead atoms. The van der Waals surface area contributed by atoms with E-state index in [0.29, 0.717) is 29.3 Å². The lowest BCUT2D eigenvalue weighted by atomic mass is 10.0. The number of aromatic amines is 1. The number of halogens is 1. The summed E-state index contributed by atoms with van der Waals surface area (Å²) in [6, 6.07) is 19.7. The van der Waals surface area contributed by atoms with Crippen LogP contribution in [-0.2, 0) is 12.8 Å². The molecule has 1 aromatic heterocycles. The van der Waals surface area contributed by atoms with E-state index >= 15 is 0 Å². The van der Waals surface area contributed by atoms with Crippen LogP contribution in [0.2, 0.25) is 0 Å². The monoisotopic (exact) mass is 594 g/mol. The number of carboxylic acid groups (broad SMARTS) is 1. The molecule has 0 unspecified atom stereocenters. The molecule has 184 valence electrons. The van der Waals surface area contributed by atoms with Crippen LogP contribution in [0.25, 0.3) is 22.0 Å². The average molecular weight is 594 g/mol. The summed E-state index contributed by atoms with van der Waals surface area (Å²) < 4.78 is 0.732. The quantitative estimate of drug-likeness (QED) is 0.224. The average Bonchev–Trinajstić information content (AvgIpc) is 2.88. The molecule has 0 fully saturated rings. The molecule has 4 rings (SSSR count). The highest BCUT2D eigenvalue weighted by molar-refractivity contribution is 14.1. The Morgan fingerprint density at radius 1 is 1.00 bits per heavy atom. The van der Waals surface area contributed by atoms with Gasteiger partial charge >= 0.3 is 5.97 Å². The molecule has 1 heterocycles. The Hall–Kier alpha value is -3.46. The fraction of sp³-hybridized carbons (Fsp3) is 0.207. The van der Waals surface area contributed by atoms with Crippen molar-refractivity contribution in [1.29, 1.82) is 0 Å². The Balaban J connectivity index is 1.41. The maximum Gasteiger partial charge on any atom is 0.341 e. The lowest BCUT2D eigenvalue weighted by molar-refractivity contribution is 0.0695. The molecule has 6 nitrogen and oxygen atoms in total. The first-order chi connectivity index (χ1) is 17.3. The van der Waals surface area contributed by atoms with Gasteiger partial charge in [-0.2, -0.15) is 0 Å². The summed E-state index contributed by atoms with van der Waals surface area (Å²) in [5.41, 5.74) is 4.85. The normalized spacial score (nSPS) is 11.9. The second-order valence-electron chi connectivity index (χ2n) is 8.84. The predicted molar refractivity (Wildman–Crippen MR) is 151 cm³/mol. The van der Waals surface area contributed by atoms with E-state index in [9.17, 15) is 19.5 Å². The third-order valence-electron chi connectivity index (χ3n) is 6.36. The molecule has 3 aromatic carbocycles. The highest BCUT2D eigenvalue weighted by Gasteiger charge is 2.16. The summed E-state index contributed by atoms with van der Waals surface area (Å²) in [4.78, 5) is 39.7. The van der Waals surface area contributed by atoms with Gasteiger partial charge in [-0.15, -0.1) is 0 Å². The van der Waals surface area contributed by atoms with Crippen LogP contribution in [0.1, 0.15) is 52.1 Å². The van der Waals surface area contributed by atoms with Crippen molar-refractivity contribution < 1.29 is 14.7 Å². The second kappa shape index (κ2) is 11.1. The summed E-state index contributed by atoms with van der Waals surface area (Å²) in [5.74, 6) is -1.38. The number of carboxylic acids is 1. The van der Waals surface area contributed by atoms with Gasteiger partial charge in [0.1, 0.15) is 5.56 Å². The number of benzene rings is 3. The molecule has 1 atom stereocenters. The number of aromatic nitrogens is 1. The standard InChI is InChI=1S/C29H27IN2O4/c1-3-18-5-8-19(9-6-18)20-10-12-22(13-11-20)28(34)32-17(2)4-7-21-14-15-24-25(26(21)30)27(33)23(16-31-24)29(35)36/h5-6,8-17H,3-4,7H2,1-2H3,(H,31,33)(H,32,34)(H,35,36)/t17-/m0/s1. The van der Waals surface area contributed by atoms with Gasteiger partial charge in [-0.1, -0.05) is 49.4 Å². The van der Waals surface area contributed by atoms with Gasteiger partial charge in [0.2, 0.25) is 5.43 Å². The molecule has 0 radical (unpaired) electrons. The Bertz CT molecular complexity index is 1470. The number of aromatic carboxylic acids is 1. The molecule has 4 aromatic rings. The number of carbonyl (C=O) groups is 2. The third-order valence-corrected chi connectivity index (χ3v) is 7.60. The molecule has 0 aliphatic heterocycles. The van der Waals surface area contributed by atoms with Crippen LogP contribution in [0, 0.1) is 3.57 Å². The number of hydrogen-bond acceptors (Lipinski definition) is 3. The van der Waals surface area contributed by atoms with Crippen LogP contribution >= 0.6 is 22.6 Å². The molecule has 7 heteroatoms. The van der Waals surface area contributed by atoms with Crippen LogP contribution in [0.4, 0.5) is 0 Å². The van der Waals surface area contributed by atoms with Crippen molar-refractivity contribution in [3.05, 3.63) is 103 Å². The summed E-state index contributed by atoms with van der Waals surface area (Å²) in [7, 11) is 0. The Labute approximate surface area is 222 Å². The van der Waals surface area contributed by atoms with E-state index < -0.39 is 11.4 Å². The van der Waals surface area contributed by atoms with Crippen LogP contribution < -0.4 is 10.7 Å². The van der Waals surface area contributed by atoms with E-state index in [1.54, 1.807) is 6.07 Å². The lowest BCUT2D eigenvalue weighted by Gasteiger charge is -2.15. The van der Waals surface area contributed by atoms with E-state index in [2.05, 4.69) is 64.1 Å². The molecule has 0 aliphatic carbocycles. The summed E-state index contributed by atoms with van der Waals surface area (Å²) in [5, 5.41) is 12.7. The van der Waals surface area contributed by atoms with Crippen molar-refractivity contribution in [2.45, 2.75) is 39.2 Å².